The van der Waals surface area contributed by atoms with E-state index in [9.17, 15) is 18.0 Å². The van der Waals surface area contributed by atoms with E-state index in [4.69, 9.17) is 10.2 Å². The zero-order valence-corrected chi connectivity index (χ0v) is 8.43. The first-order chi connectivity index (χ1) is 6.63. The number of carboxylic acids is 1. The van der Waals surface area contributed by atoms with Gasteiger partial charge in [0.15, 0.2) is 6.10 Å². The van der Waals surface area contributed by atoms with Gasteiger partial charge in [-0.15, -0.1) is 0 Å². The normalized spacial score (nSPS) is 18.3. The third-order valence-electron chi connectivity index (χ3n) is 2.24. The molecule has 0 heterocycles. The number of halogens is 3. The Morgan fingerprint density at radius 3 is 2.20 bits per heavy atom. The molecule has 90 valence electrons. The van der Waals surface area contributed by atoms with Crippen LogP contribution >= 0.6 is 0 Å². The lowest BCUT2D eigenvalue weighted by molar-refractivity contribution is -0.203. The fourth-order valence-corrected chi connectivity index (χ4v) is 0.790. The summed E-state index contributed by atoms with van der Waals surface area (Å²) in [7, 11) is 0. The lowest BCUT2D eigenvalue weighted by Crippen LogP contribution is -2.53. The van der Waals surface area contributed by atoms with Gasteiger partial charge in [0.25, 0.3) is 0 Å². The van der Waals surface area contributed by atoms with Gasteiger partial charge in [0, 0.05) is 6.54 Å². The number of carbonyl (C=O) groups is 1. The highest BCUT2D eigenvalue weighted by molar-refractivity contribution is 5.78. The molecule has 0 aromatic heterocycles. The third-order valence-corrected chi connectivity index (χ3v) is 2.24. The molecule has 7 heteroatoms. The maximum atomic E-state index is 11.9. The highest BCUT2D eigenvalue weighted by Crippen LogP contribution is 2.20. The summed E-state index contributed by atoms with van der Waals surface area (Å²) in [5.41, 5.74) is -1.45. The number of alkyl halides is 3. The van der Waals surface area contributed by atoms with Crippen molar-refractivity contribution in [1.82, 2.24) is 5.32 Å². The van der Waals surface area contributed by atoms with Gasteiger partial charge in [-0.1, -0.05) is 6.92 Å². The fraction of sp³-hybridized carbons (Fsp3) is 0.875. The summed E-state index contributed by atoms with van der Waals surface area (Å²) in [5.74, 6) is -1.25. The first kappa shape index (κ1) is 14.2. The van der Waals surface area contributed by atoms with E-state index in [-0.39, 0.29) is 6.42 Å². The van der Waals surface area contributed by atoms with E-state index in [1.807, 2.05) is 0 Å². The molecular formula is C8H14F3NO3. The number of aliphatic hydroxyl groups excluding tert-OH is 1. The maximum Gasteiger partial charge on any atom is 0.415 e. The SMILES string of the molecule is CCC(C)(NCC(O)C(F)(F)F)C(=O)O. The van der Waals surface area contributed by atoms with Crippen LogP contribution in [0.2, 0.25) is 0 Å². The van der Waals surface area contributed by atoms with Gasteiger partial charge in [0.1, 0.15) is 5.54 Å². The quantitative estimate of drug-likeness (QED) is 0.650. The largest absolute Gasteiger partial charge is 0.480 e. The van der Waals surface area contributed by atoms with Crippen LogP contribution in [-0.2, 0) is 4.79 Å². The first-order valence-corrected chi connectivity index (χ1v) is 4.36. The van der Waals surface area contributed by atoms with Crippen LogP contribution in [-0.4, -0.2) is 40.5 Å². The smallest absolute Gasteiger partial charge is 0.415 e. The number of aliphatic hydroxyl groups is 1. The Morgan fingerprint density at radius 1 is 1.47 bits per heavy atom. The second-order valence-electron chi connectivity index (χ2n) is 3.43. The molecule has 0 bridgehead atoms. The molecule has 0 rings (SSSR count). The molecule has 0 aromatic rings. The van der Waals surface area contributed by atoms with Gasteiger partial charge in [-0.05, 0) is 13.3 Å². The average Bonchev–Trinajstić information content (AvgIpc) is 2.11. The molecule has 0 aromatic carbocycles. The zero-order chi connectivity index (χ0) is 12.3. The molecule has 2 unspecified atom stereocenters. The van der Waals surface area contributed by atoms with Crippen molar-refractivity contribution >= 4 is 5.97 Å². The minimum atomic E-state index is -4.74. The van der Waals surface area contributed by atoms with Crippen molar-refractivity contribution in [2.45, 2.75) is 38.1 Å². The third kappa shape index (κ3) is 4.05. The van der Waals surface area contributed by atoms with Gasteiger partial charge in [0.05, 0.1) is 0 Å². The van der Waals surface area contributed by atoms with Crippen molar-refractivity contribution in [2.75, 3.05) is 6.54 Å². The van der Waals surface area contributed by atoms with Crippen molar-refractivity contribution in [3.05, 3.63) is 0 Å². The van der Waals surface area contributed by atoms with E-state index in [2.05, 4.69) is 5.32 Å². The van der Waals surface area contributed by atoms with E-state index in [1.165, 1.54) is 13.8 Å². The molecule has 0 spiro atoms. The van der Waals surface area contributed by atoms with Crippen molar-refractivity contribution in [3.8, 4) is 0 Å². The Labute approximate surface area is 85.1 Å². The van der Waals surface area contributed by atoms with Crippen LogP contribution in [0.1, 0.15) is 20.3 Å². The van der Waals surface area contributed by atoms with E-state index in [1.54, 1.807) is 0 Å². The number of hydrogen-bond acceptors (Lipinski definition) is 3. The molecule has 4 nitrogen and oxygen atoms in total. The second-order valence-corrected chi connectivity index (χ2v) is 3.43. The molecule has 0 amide bonds. The highest BCUT2D eigenvalue weighted by atomic mass is 19.4. The Morgan fingerprint density at radius 2 is 1.93 bits per heavy atom. The van der Waals surface area contributed by atoms with Gasteiger partial charge < -0.3 is 10.2 Å². The minimum absolute atomic E-state index is 0.118. The van der Waals surface area contributed by atoms with Crippen molar-refractivity contribution in [2.24, 2.45) is 0 Å². The van der Waals surface area contributed by atoms with Crippen LogP contribution in [0.25, 0.3) is 0 Å². The molecule has 0 aliphatic heterocycles. The van der Waals surface area contributed by atoms with E-state index in [0.717, 1.165) is 0 Å². The number of rotatable bonds is 5. The Bertz CT molecular complexity index is 232. The van der Waals surface area contributed by atoms with Crippen LogP contribution in [0.15, 0.2) is 0 Å². The number of carboxylic acid groups (broad SMARTS) is 1. The molecule has 15 heavy (non-hydrogen) atoms. The molecule has 0 radical (unpaired) electrons. The first-order valence-electron chi connectivity index (χ1n) is 4.36. The molecule has 2 atom stereocenters. The number of nitrogens with one attached hydrogen (secondary N) is 1. The van der Waals surface area contributed by atoms with Gasteiger partial charge in [-0.25, -0.2) is 0 Å². The maximum absolute atomic E-state index is 11.9. The number of β-amino-alcohol motifs (C(OH)–C–C–N with tert-alkyl or cyclic N) is 1. The summed E-state index contributed by atoms with van der Waals surface area (Å²) in [4.78, 5) is 10.7. The van der Waals surface area contributed by atoms with Crippen LogP contribution in [0.5, 0.6) is 0 Å². The molecule has 3 N–H and O–H groups in total. The van der Waals surface area contributed by atoms with Gasteiger partial charge in [0.2, 0.25) is 0 Å². The van der Waals surface area contributed by atoms with Crippen LogP contribution in [0.4, 0.5) is 13.2 Å². The highest BCUT2D eigenvalue weighted by Gasteiger charge is 2.40. The van der Waals surface area contributed by atoms with Crippen molar-refractivity contribution in [1.29, 1.82) is 0 Å². The predicted octanol–water partition coefficient (Wildman–Crippen LogP) is 0.753. The second kappa shape index (κ2) is 4.80. The standard InChI is InChI=1S/C8H14F3NO3/c1-3-7(2,6(14)15)12-4-5(13)8(9,10)11/h5,12-13H,3-4H2,1-2H3,(H,14,15). The van der Waals surface area contributed by atoms with Gasteiger partial charge in [-0.3, -0.25) is 10.1 Å². The van der Waals surface area contributed by atoms with Crippen LogP contribution < -0.4 is 5.32 Å². The van der Waals surface area contributed by atoms with Crippen LogP contribution in [0, 0.1) is 0 Å². The molecule has 0 saturated carbocycles. The van der Waals surface area contributed by atoms with Crippen molar-refractivity contribution in [3.63, 3.8) is 0 Å². The fourth-order valence-electron chi connectivity index (χ4n) is 0.790. The topological polar surface area (TPSA) is 69.6 Å². The Balaban J connectivity index is 4.31. The molecule has 0 aliphatic rings. The zero-order valence-electron chi connectivity index (χ0n) is 8.43. The van der Waals surface area contributed by atoms with Crippen molar-refractivity contribution < 1.29 is 28.2 Å². The van der Waals surface area contributed by atoms with Gasteiger partial charge in [-0.2, -0.15) is 13.2 Å². The van der Waals surface area contributed by atoms with Gasteiger partial charge >= 0.3 is 12.1 Å². The lowest BCUT2D eigenvalue weighted by Gasteiger charge is -2.26. The summed E-state index contributed by atoms with van der Waals surface area (Å²) < 4.78 is 35.7. The van der Waals surface area contributed by atoms with E-state index < -0.39 is 30.3 Å². The summed E-state index contributed by atoms with van der Waals surface area (Å²) >= 11 is 0. The molecule has 0 fully saturated rings. The lowest BCUT2D eigenvalue weighted by atomic mass is 9.99. The number of aliphatic carboxylic acids is 1. The number of hydrogen-bond donors (Lipinski definition) is 3. The monoisotopic (exact) mass is 229 g/mol. The Kier molecular flexibility index (Phi) is 4.54. The molecule has 0 aliphatic carbocycles. The molecule has 0 saturated heterocycles. The minimum Gasteiger partial charge on any atom is -0.480 e. The summed E-state index contributed by atoms with van der Waals surface area (Å²) in [5, 5.41) is 19.6. The average molecular weight is 229 g/mol. The molecular weight excluding hydrogens is 215 g/mol. The Hall–Kier alpha value is -0.820. The van der Waals surface area contributed by atoms with Crippen LogP contribution in [0.3, 0.4) is 0 Å². The predicted molar refractivity (Wildman–Crippen MR) is 46.4 cm³/mol. The summed E-state index contributed by atoms with van der Waals surface area (Å²) in [6.45, 7) is 1.96. The van der Waals surface area contributed by atoms with E-state index >= 15 is 0 Å². The van der Waals surface area contributed by atoms with E-state index in [0.29, 0.717) is 0 Å². The summed E-state index contributed by atoms with van der Waals surface area (Å²) in [6.07, 6.45) is -7.17. The summed E-state index contributed by atoms with van der Waals surface area (Å²) in [6, 6.07) is 0.